The Hall–Kier alpha value is -0.903. The summed E-state index contributed by atoms with van der Waals surface area (Å²) in [4.78, 5) is 0. The first kappa shape index (κ1) is 25.1. The van der Waals surface area contributed by atoms with Gasteiger partial charge < -0.3 is 9.04 Å². The van der Waals surface area contributed by atoms with Gasteiger partial charge in [-0.15, -0.1) is 0 Å². The first-order valence-electron chi connectivity index (χ1n) is 9.76. The molecule has 1 aromatic rings. The molecule has 0 aliphatic carbocycles. The largest absolute Gasteiger partial charge is 0.741 e. The molecule has 0 radical (unpaired) electrons. The van der Waals surface area contributed by atoms with Crippen LogP contribution in [0.3, 0.4) is 0 Å². The van der Waals surface area contributed by atoms with E-state index in [0.717, 1.165) is 11.7 Å². The third-order valence-electron chi connectivity index (χ3n) is 6.35. The highest BCUT2D eigenvalue weighted by atomic mass is 32.2. The predicted molar refractivity (Wildman–Crippen MR) is 107 cm³/mol. The van der Waals surface area contributed by atoms with Crippen molar-refractivity contribution < 1.29 is 30.6 Å². The first-order valence-corrected chi connectivity index (χ1v) is 13.9. The SMILES string of the molecule is CCC[N+]1(C)[C@H](c2ccccc2)[C@@H]1[Si](CC)(CC)CC.O=S(=O)([O-])C(F)(F)F. The van der Waals surface area contributed by atoms with Crippen molar-refractivity contribution in [2.24, 2.45) is 0 Å². The minimum Gasteiger partial charge on any atom is -0.741 e. The Morgan fingerprint density at radius 3 is 1.79 bits per heavy atom. The molecule has 1 unspecified atom stereocenters. The van der Waals surface area contributed by atoms with Crippen molar-refractivity contribution in [1.29, 1.82) is 0 Å². The summed E-state index contributed by atoms with van der Waals surface area (Å²) in [6.07, 6.45) is 1.30. The number of alkyl halides is 3. The van der Waals surface area contributed by atoms with Crippen LogP contribution in [0.1, 0.15) is 45.7 Å². The number of rotatable bonds is 7. The lowest BCUT2D eigenvalue weighted by molar-refractivity contribution is -0.802. The lowest BCUT2D eigenvalue weighted by Crippen LogP contribution is -2.45. The maximum Gasteiger partial charge on any atom is 0.485 e. The molecule has 162 valence electrons. The topological polar surface area (TPSA) is 57.2 Å². The van der Waals surface area contributed by atoms with Gasteiger partial charge in [0.15, 0.2) is 16.2 Å². The first-order chi connectivity index (χ1) is 12.8. The van der Waals surface area contributed by atoms with Crippen LogP contribution in [0.2, 0.25) is 18.1 Å². The molecule has 3 atom stereocenters. The zero-order valence-corrected chi connectivity index (χ0v) is 19.1. The number of likely N-dealkylation sites (N-methyl/N-ethyl adjacent to an activating group) is 1. The van der Waals surface area contributed by atoms with Crippen molar-refractivity contribution in [3.63, 3.8) is 0 Å². The summed E-state index contributed by atoms with van der Waals surface area (Å²) in [7, 11) is -4.70. The molecule has 1 saturated heterocycles. The van der Waals surface area contributed by atoms with E-state index in [4.69, 9.17) is 13.0 Å². The summed E-state index contributed by atoms with van der Waals surface area (Å²) in [5.74, 6) is 0. The Bertz CT molecular complexity index is 715. The van der Waals surface area contributed by atoms with Crippen LogP contribution >= 0.6 is 0 Å². The molecule has 4 nitrogen and oxygen atoms in total. The van der Waals surface area contributed by atoms with Gasteiger partial charge in [0.2, 0.25) is 0 Å². The van der Waals surface area contributed by atoms with Crippen LogP contribution in [0.15, 0.2) is 30.3 Å². The molecule has 0 aromatic heterocycles. The minimum absolute atomic E-state index is 0.780. The molecule has 1 aliphatic heterocycles. The van der Waals surface area contributed by atoms with Gasteiger partial charge in [-0.05, 0) is 6.42 Å². The molecule has 0 spiro atoms. The van der Waals surface area contributed by atoms with Crippen molar-refractivity contribution in [3.05, 3.63) is 35.9 Å². The third kappa shape index (κ3) is 5.17. The van der Waals surface area contributed by atoms with Crippen molar-refractivity contribution >= 4 is 18.2 Å². The summed E-state index contributed by atoms with van der Waals surface area (Å²) in [5.41, 5.74) is -3.11. The molecular weight excluding hydrogens is 407 g/mol. The van der Waals surface area contributed by atoms with Crippen LogP contribution < -0.4 is 0 Å². The van der Waals surface area contributed by atoms with Crippen LogP contribution in [0.5, 0.6) is 0 Å². The Morgan fingerprint density at radius 1 is 1.04 bits per heavy atom. The normalized spacial score (nSPS) is 25.0. The van der Waals surface area contributed by atoms with E-state index in [1.807, 2.05) is 0 Å². The van der Waals surface area contributed by atoms with E-state index in [1.54, 1.807) is 5.56 Å². The Balaban J connectivity index is 0.000000416. The van der Waals surface area contributed by atoms with E-state index in [-0.39, 0.29) is 0 Å². The molecule has 1 aromatic carbocycles. The van der Waals surface area contributed by atoms with Gasteiger partial charge >= 0.3 is 5.51 Å². The van der Waals surface area contributed by atoms with Crippen molar-refractivity contribution in [3.8, 4) is 0 Å². The van der Waals surface area contributed by atoms with Gasteiger partial charge in [0.1, 0.15) is 13.7 Å². The molecule has 0 bridgehead atoms. The van der Waals surface area contributed by atoms with Crippen LogP contribution in [0, 0.1) is 0 Å². The zero-order chi connectivity index (χ0) is 21.8. The second-order valence-corrected chi connectivity index (χ2v) is 14.5. The Morgan fingerprint density at radius 2 is 1.46 bits per heavy atom. The standard InChI is InChI=1S/C18H32NSi.CHF3O3S/c1-6-15-19(5)17(16-13-11-10-12-14-16)18(19)20(7-2,8-3)9-4;2-1(3,4)8(5,6)7/h10-14,17-18H,6-9,15H2,1-5H3;(H,5,6,7)/q+1;/p-1/t17-,18+,19?;/m1./s1. The molecule has 2 rings (SSSR count). The van der Waals surface area contributed by atoms with Gasteiger partial charge in [-0.3, -0.25) is 0 Å². The summed E-state index contributed by atoms with van der Waals surface area (Å²) >= 11 is 0. The molecule has 9 heteroatoms. The molecule has 1 fully saturated rings. The average Bonchev–Trinajstić information content (AvgIpc) is 3.23. The van der Waals surface area contributed by atoms with Crippen LogP contribution in [0.25, 0.3) is 0 Å². The quantitative estimate of drug-likeness (QED) is 0.196. The fraction of sp³-hybridized carbons (Fsp3) is 0.684. The number of hydrogen-bond donors (Lipinski definition) is 0. The highest BCUT2D eigenvalue weighted by molar-refractivity contribution is 7.86. The highest BCUT2D eigenvalue weighted by Crippen LogP contribution is 2.57. The average molecular weight is 440 g/mol. The molecule has 0 amide bonds. The maximum absolute atomic E-state index is 10.7. The van der Waals surface area contributed by atoms with Gasteiger partial charge in [-0.25, -0.2) is 8.42 Å². The van der Waals surface area contributed by atoms with Crippen molar-refractivity contribution in [2.75, 3.05) is 13.6 Å². The molecule has 1 aliphatic rings. The number of halogens is 3. The number of benzene rings is 1. The highest BCUT2D eigenvalue weighted by Gasteiger charge is 2.70. The van der Waals surface area contributed by atoms with Gasteiger partial charge in [-0.2, -0.15) is 13.2 Å². The van der Waals surface area contributed by atoms with Crippen molar-refractivity contribution in [1.82, 2.24) is 0 Å². The number of hydrogen-bond acceptors (Lipinski definition) is 3. The van der Waals surface area contributed by atoms with Crippen molar-refractivity contribution in [2.45, 2.75) is 69.5 Å². The summed E-state index contributed by atoms with van der Waals surface area (Å²) < 4.78 is 60.2. The second-order valence-electron chi connectivity index (χ2n) is 7.69. The van der Waals surface area contributed by atoms with Crippen LogP contribution in [-0.4, -0.2) is 50.3 Å². The third-order valence-corrected chi connectivity index (χ3v) is 13.3. The Labute approximate surface area is 168 Å². The summed E-state index contributed by atoms with van der Waals surface area (Å²) in [6, 6.07) is 16.4. The van der Waals surface area contributed by atoms with E-state index < -0.39 is 23.7 Å². The fourth-order valence-corrected chi connectivity index (χ4v) is 10.2. The molecule has 0 N–H and O–H groups in total. The van der Waals surface area contributed by atoms with E-state index in [9.17, 15) is 13.2 Å². The fourth-order valence-electron chi connectivity index (χ4n) is 4.76. The lowest BCUT2D eigenvalue weighted by atomic mass is 10.1. The summed E-state index contributed by atoms with van der Waals surface area (Å²) in [5, 5.41) is 0. The van der Waals surface area contributed by atoms with Gasteiger partial charge in [-0.1, -0.05) is 76.2 Å². The van der Waals surface area contributed by atoms with Crippen LogP contribution in [0.4, 0.5) is 13.2 Å². The molecular formula is C19H32F3NO3SSi. The predicted octanol–water partition coefficient (Wildman–Crippen LogP) is 5.07. The van der Waals surface area contributed by atoms with Gasteiger partial charge in [0.05, 0.1) is 13.6 Å². The monoisotopic (exact) mass is 439 g/mol. The number of quaternary nitrogens is 1. The van der Waals surface area contributed by atoms with E-state index in [2.05, 4.69) is 65.1 Å². The van der Waals surface area contributed by atoms with E-state index in [1.165, 1.54) is 35.6 Å². The summed E-state index contributed by atoms with van der Waals surface area (Å²) in [6.45, 7) is 11.1. The zero-order valence-electron chi connectivity index (χ0n) is 17.3. The number of nitrogens with zero attached hydrogens (tertiary/aromatic N) is 1. The minimum atomic E-state index is -6.09. The smallest absolute Gasteiger partial charge is 0.485 e. The van der Waals surface area contributed by atoms with Crippen LogP contribution in [-0.2, 0) is 10.1 Å². The molecule has 1 heterocycles. The molecule has 28 heavy (non-hydrogen) atoms. The second kappa shape index (κ2) is 9.28. The lowest BCUT2D eigenvalue weighted by Gasteiger charge is -2.28. The van der Waals surface area contributed by atoms with E-state index in [0.29, 0.717) is 0 Å². The maximum atomic E-state index is 10.7. The molecule has 0 saturated carbocycles. The van der Waals surface area contributed by atoms with E-state index >= 15 is 0 Å². The van der Waals surface area contributed by atoms with Gasteiger partial charge in [0.25, 0.3) is 0 Å². The van der Waals surface area contributed by atoms with Gasteiger partial charge in [0, 0.05) is 5.56 Å². The Kier molecular flexibility index (Phi) is 8.33.